The van der Waals surface area contributed by atoms with Crippen molar-refractivity contribution in [3.63, 3.8) is 0 Å². The number of methoxy groups -OCH3 is 1. The van der Waals surface area contributed by atoms with Crippen LogP contribution in [0, 0.1) is 36.0 Å². The minimum absolute atomic E-state index is 0.0285. The summed E-state index contributed by atoms with van der Waals surface area (Å²) >= 11 is 0. The Morgan fingerprint density at radius 1 is 0.861 bits per heavy atom. The summed E-state index contributed by atoms with van der Waals surface area (Å²) < 4.78 is 88.8. The molecular formula is C25H15F5O6. The summed E-state index contributed by atoms with van der Waals surface area (Å²) in [5, 5.41) is 0.0744. The molecule has 0 amide bonds. The zero-order valence-electron chi connectivity index (χ0n) is 18.6. The van der Waals surface area contributed by atoms with Crippen LogP contribution in [0.15, 0.2) is 51.7 Å². The Labute approximate surface area is 199 Å². The summed E-state index contributed by atoms with van der Waals surface area (Å²) in [4.78, 5) is 24.5. The highest BCUT2D eigenvalue weighted by Crippen LogP contribution is 2.29. The highest BCUT2D eigenvalue weighted by atomic mass is 19.2. The summed E-state index contributed by atoms with van der Waals surface area (Å²) in [5.74, 6) is -10.8. The molecule has 0 aliphatic carbocycles. The molecule has 0 aliphatic rings. The van der Waals surface area contributed by atoms with Crippen LogP contribution < -0.4 is 14.9 Å². The molecule has 0 radical (unpaired) electrons. The van der Waals surface area contributed by atoms with E-state index in [0.29, 0.717) is 0 Å². The average molecular weight is 506 g/mol. The first-order valence-corrected chi connectivity index (χ1v) is 10.2. The van der Waals surface area contributed by atoms with Gasteiger partial charge in [0.2, 0.25) is 17.0 Å². The van der Waals surface area contributed by atoms with E-state index in [1.165, 1.54) is 56.5 Å². The number of ether oxygens (including phenoxy) is 3. The van der Waals surface area contributed by atoms with Crippen LogP contribution in [0.25, 0.3) is 11.0 Å². The maximum Gasteiger partial charge on any atom is 0.337 e. The van der Waals surface area contributed by atoms with Gasteiger partial charge in [0.05, 0.1) is 23.6 Å². The quantitative estimate of drug-likeness (QED) is 0.139. The molecule has 4 aromatic rings. The number of halogens is 5. The van der Waals surface area contributed by atoms with Crippen molar-refractivity contribution in [2.45, 2.75) is 13.5 Å². The fourth-order valence-electron chi connectivity index (χ4n) is 3.30. The molecule has 186 valence electrons. The first kappa shape index (κ1) is 24.7. The summed E-state index contributed by atoms with van der Waals surface area (Å²) in [5.41, 5.74) is -1.38. The second kappa shape index (κ2) is 9.68. The Morgan fingerprint density at radius 2 is 1.44 bits per heavy atom. The molecule has 1 heterocycles. The third-order valence-electron chi connectivity index (χ3n) is 5.17. The first-order valence-electron chi connectivity index (χ1n) is 10.2. The van der Waals surface area contributed by atoms with Crippen LogP contribution in [-0.4, -0.2) is 13.1 Å². The van der Waals surface area contributed by atoms with Gasteiger partial charge in [-0.3, -0.25) is 4.79 Å². The molecule has 0 atom stereocenters. The summed E-state index contributed by atoms with van der Waals surface area (Å²) in [6.07, 6.45) is 0. The highest BCUT2D eigenvalue weighted by molar-refractivity contribution is 5.89. The number of esters is 1. The van der Waals surface area contributed by atoms with E-state index in [4.69, 9.17) is 13.9 Å². The van der Waals surface area contributed by atoms with Crippen LogP contribution in [0.3, 0.4) is 0 Å². The smallest absolute Gasteiger partial charge is 0.337 e. The van der Waals surface area contributed by atoms with Crippen LogP contribution in [0.4, 0.5) is 22.0 Å². The van der Waals surface area contributed by atoms with Crippen molar-refractivity contribution < 1.29 is 45.4 Å². The molecule has 0 fully saturated rings. The lowest BCUT2D eigenvalue weighted by atomic mass is 10.1. The van der Waals surface area contributed by atoms with Crippen molar-refractivity contribution in [2.24, 2.45) is 0 Å². The van der Waals surface area contributed by atoms with Crippen molar-refractivity contribution >= 4 is 16.9 Å². The molecule has 0 bridgehead atoms. The summed E-state index contributed by atoms with van der Waals surface area (Å²) in [7, 11) is 1.24. The number of carbonyl (C=O) groups excluding carboxylic acids is 1. The zero-order valence-corrected chi connectivity index (χ0v) is 18.6. The maximum absolute atomic E-state index is 13.9. The van der Waals surface area contributed by atoms with Gasteiger partial charge in [-0.25, -0.2) is 26.7 Å². The lowest BCUT2D eigenvalue weighted by Crippen LogP contribution is -2.10. The largest absolute Gasteiger partial charge is 0.489 e. The number of rotatable bonds is 6. The van der Waals surface area contributed by atoms with Crippen molar-refractivity contribution in [2.75, 3.05) is 7.11 Å². The van der Waals surface area contributed by atoms with Crippen LogP contribution in [-0.2, 0) is 11.3 Å². The van der Waals surface area contributed by atoms with Gasteiger partial charge in [0.1, 0.15) is 29.4 Å². The van der Waals surface area contributed by atoms with Gasteiger partial charge in [0, 0.05) is 6.07 Å². The standard InChI is InChI=1S/C25H15F5O6/c1-11-24(36-13-5-3-12(4-6-13)25(32)33-2)23(31)15-8-7-14(9-17(15)35-11)34-10-16-18(26)20(28)22(30)21(29)19(16)27/h3-9H,10H2,1-2H3. The molecule has 4 rings (SSSR count). The third-order valence-corrected chi connectivity index (χ3v) is 5.17. The van der Waals surface area contributed by atoms with Gasteiger partial charge in [-0.05, 0) is 43.3 Å². The fourth-order valence-corrected chi connectivity index (χ4v) is 3.30. The van der Waals surface area contributed by atoms with E-state index < -0.39 is 52.7 Å². The third kappa shape index (κ3) is 4.47. The van der Waals surface area contributed by atoms with Gasteiger partial charge in [0.15, 0.2) is 23.3 Å². The van der Waals surface area contributed by atoms with Gasteiger partial charge >= 0.3 is 5.97 Å². The van der Waals surface area contributed by atoms with Crippen LogP contribution in [0.5, 0.6) is 17.2 Å². The van der Waals surface area contributed by atoms with E-state index >= 15 is 0 Å². The molecule has 0 spiro atoms. The Morgan fingerprint density at radius 3 is 2.06 bits per heavy atom. The lowest BCUT2D eigenvalue weighted by Gasteiger charge is -2.12. The minimum Gasteiger partial charge on any atom is -0.489 e. The normalized spacial score (nSPS) is 11.0. The summed E-state index contributed by atoms with van der Waals surface area (Å²) in [6, 6.07) is 9.61. The molecule has 0 saturated carbocycles. The van der Waals surface area contributed by atoms with E-state index in [0.717, 1.165) is 0 Å². The molecule has 0 saturated heterocycles. The Kier molecular flexibility index (Phi) is 6.65. The predicted molar refractivity (Wildman–Crippen MR) is 116 cm³/mol. The van der Waals surface area contributed by atoms with E-state index in [1.54, 1.807) is 0 Å². The van der Waals surface area contributed by atoms with Gasteiger partial charge < -0.3 is 18.6 Å². The van der Waals surface area contributed by atoms with Gasteiger partial charge in [0.25, 0.3) is 0 Å². The minimum atomic E-state index is -2.27. The van der Waals surface area contributed by atoms with Crippen LogP contribution >= 0.6 is 0 Å². The van der Waals surface area contributed by atoms with Crippen molar-refractivity contribution in [3.8, 4) is 17.2 Å². The molecule has 0 N–H and O–H groups in total. The van der Waals surface area contributed by atoms with Crippen LogP contribution in [0.2, 0.25) is 0 Å². The average Bonchev–Trinajstić information content (AvgIpc) is 2.88. The molecule has 36 heavy (non-hydrogen) atoms. The number of hydrogen-bond donors (Lipinski definition) is 0. The number of aryl methyl sites for hydroxylation is 1. The van der Waals surface area contributed by atoms with Crippen LogP contribution in [0.1, 0.15) is 21.7 Å². The SMILES string of the molecule is COC(=O)c1ccc(Oc2c(C)oc3cc(OCc4c(F)c(F)c(F)c(F)c4F)ccc3c2=O)cc1. The molecule has 6 nitrogen and oxygen atoms in total. The van der Waals surface area contributed by atoms with E-state index in [9.17, 15) is 31.5 Å². The Hall–Kier alpha value is -4.41. The highest BCUT2D eigenvalue weighted by Gasteiger charge is 2.26. The fraction of sp³-hybridized carbons (Fsp3) is 0.120. The zero-order chi connectivity index (χ0) is 26.1. The number of hydrogen-bond acceptors (Lipinski definition) is 6. The van der Waals surface area contributed by atoms with Gasteiger partial charge in [-0.15, -0.1) is 0 Å². The molecule has 3 aromatic carbocycles. The van der Waals surface area contributed by atoms with E-state index in [1.807, 2.05) is 0 Å². The van der Waals surface area contributed by atoms with E-state index in [2.05, 4.69) is 4.74 Å². The van der Waals surface area contributed by atoms with Gasteiger partial charge in [-0.1, -0.05) is 0 Å². The summed E-state index contributed by atoms with van der Waals surface area (Å²) in [6.45, 7) is 0.491. The second-order valence-corrected chi connectivity index (χ2v) is 7.43. The van der Waals surface area contributed by atoms with Crippen molar-refractivity contribution in [1.82, 2.24) is 0 Å². The predicted octanol–water partition coefficient (Wildman–Crippen LogP) is 5.95. The Bertz CT molecular complexity index is 1520. The molecular weight excluding hydrogens is 491 g/mol. The maximum atomic E-state index is 13.9. The van der Waals surface area contributed by atoms with E-state index in [-0.39, 0.29) is 39.5 Å². The molecule has 0 aliphatic heterocycles. The van der Waals surface area contributed by atoms with Crippen molar-refractivity contribution in [3.05, 3.63) is 98.7 Å². The van der Waals surface area contributed by atoms with Gasteiger partial charge in [-0.2, -0.15) is 0 Å². The molecule has 1 aromatic heterocycles. The monoisotopic (exact) mass is 506 g/mol. The Balaban J connectivity index is 1.60. The first-order chi connectivity index (χ1) is 17.1. The number of carbonyl (C=O) groups is 1. The number of benzene rings is 3. The topological polar surface area (TPSA) is 75.0 Å². The molecule has 0 unspecified atom stereocenters. The second-order valence-electron chi connectivity index (χ2n) is 7.43. The molecule has 11 heteroatoms. The lowest BCUT2D eigenvalue weighted by molar-refractivity contribution is 0.0600. The number of fused-ring (bicyclic) bond motifs is 1. The van der Waals surface area contributed by atoms with Crippen molar-refractivity contribution in [1.29, 1.82) is 0 Å².